The molecule has 1 unspecified atom stereocenters. The first-order chi connectivity index (χ1) is 20.5. The summed E-state index contributed by atoms with van der Waals surface area (Å²) in [4.78, 5) is 27.0. The van der Waals surface area contributed by atoms with E-state index < -0.39 is 49.2 Å². The highest BCUT2D eigenvalue weighted by Crippen LogP contribution is 2.72. The molecule has 5 rings (SSSR count). The highest BCUT2D eigenvalue weighted by atomic mass is 16.7. The van der Waals surface area contributed by atoms with Crippen LogP contribution in [0.15, 0.2) is 22.8 Å². The van der Waals surface area contributed by atoms with E-state index in [1.165, 1.54) is 5.57 Å². The van der Waals surface area contributed by atoms with E-state index in [1.807, 2.05) is 13.8 Å². The van der Waals surface area contributed by atoms with Crippen LogP contribution >= 0.6 is 0 Å². The van der Waals surface area contributed by atoms with E-state index in [2.05, 4.69) is 40.7 Å². The van der Waals surface area contributed by atoms with Crippen LogP contribution in [0.1, 0.15) is 113 Å². The van der Waals surface area contributed by atoms with Crippen LogP contribution in [0.3, 0.4) is 0 Å². The summed E-state index contributed by atoms with van der Waals surface area (Å²) in [6.07, 6.45) is 3.53. The van der Waals surface area contributed by atoms with Crippen LogP contribution < -0.4 is 0 Å². The average Bonchev–Trinajstić information content (AvgIpc) is 3.24. The summed E-state index contributed by atoms with van der Waals surface area (Å²) < 4.78 is 11.4. The number of carbonyl (C=O) groups excluding carboxylic acids is 2. The molecule has 0 radical (unpaired) electrons. The smallest absolute Gasteiger partial charge is 0.311 e. The molecule has 2 saturated carbocycles. The van der Waals surface area contributed by atoms with Crippen molar-refractivity contribution in [2.75, 3.05) is 6.61 Å². The molecule has 0 aromatic rings. The van der Waals surface area contributed by atoms with Crippen molar-refractivity contribution in [1.29, 1.82) is 0 Å². The number of allylic oxidation sites excluding steroid dienone is 4. The number of carbonyl (C=O) groups is 2. The Morgan fingerprint density at radius 2 is 1.66 bits per heavy atom. The molecule has 3 fully saturated rings. The van der Waals surface area contributed by atoms with Gasteiger partial charge in [-0.3, -0.25) is 9.59 Å². The quantitative estimate of drug-likeness (QED) is 0.232. The minimum absolute atomic E-state index is 0.0261. The Balaban J connectivity index is 1.45. The monoisotopic (exact) mass is 616 g/mol. The second-order valence-corrected chi connectivity index (χ2v) is 16.1. The van der Waals surface area contributed by atoms with Gasteiger partial charge in [-0.25, -0.2) is 0 Å². The molecule has 44 heavy (non-hydrogen) atoms. The number of ether oxygens (including phenoxy) is 2. The van der Waals surface area contributed by atoms with Crippen LogP contribution in [-0.2, 0) is 19.1 Å². The Labute approximate surface area is 263 Å². The third-order valence-corrected chi connectivity index (χ3v) is 13.5. The van der Waals surface area contributed by atoms with Gasteiger partial charge in [-0.15, -0.1) is 0 Å². The molecule has 0 aromatic heterocycles. The minimum atomic E-state index is -1.62. The molecule has 0 bridgehead atoms. The Kier molecular flexibility index (Phi) is 9.13. The number of aliphatic hydroxyl groups excluding tert-OH is 4. The topological polar surface area (TPSA) is 134 Å². The van der Waals surface area contributed by atoms with E-state index in [0.717, 1.165) is 51.4 Å². The number of aliphatic hydroxyl groups is 4. The van der Waals surface area contributed by atoms with Crippen molar-refractivity contribution in [2.24, 2.45) is 39.4 Å². The standard InChI is InChI=1S/C36H56O8/c1-20(2)9-8-10-21(31(42)44-32-30(41)29(40)28(39)25(19-37)43-32)22-13-17-36(7)24-11-12-26-33(3,4)27(38)15-16-34(26,5)23(24)14-18-35(22,36)6/h9,21-22,25-26,28-30,32,37,39-41H,8,10-19H2,1-7H3/t21-,22-,25-,26?,28-,29+,30-,32+,34-,35-,36+/m1/s1. The average molecular weight is 617 g/mol. The number of fused-ring (bicyclic) bond motifs is 4. The fraction of sp³-hybridized carbons (Fsp3) is 0.833. The molecule has 1 saturated heterocycles. The maximum atomic E-state index is 14.1. The lowest BCUT2D eigenvalue weighted by Gasteiger charge is -2.60. The third-order valence-electron chi connectivity index (χ3n) is 13.5. The van der Waals surface area contributed by atoms with Crippen LogP contribution in [0.2, 0.25) is 0 Å². The highest BCUT2D eigenvalue weighted by Gasteiger charge is 2.64. The number of hydrogen-bond donors (Lipinski definition) is 4. The second-order valence-electron chi connectivity index (χ2n) is 16.1. The molecule has 0 aromatic carbocycles. The molecule has 5 aliphatic rings. The van der Waals surface area contributed by atoms with Gasteiger partial charge in [0.1, 0.15) is 30.2 Å². The van der Waals surface area contributed by atoms with E-state index in [0.29, 0.717) is 24.5 Å². The van der Waals surface area contributed by atoms with Crippen molar-refractivity contribution in [3.05, 3.63) is 22.8 Å². The molecule has 248 valence electrons. The lowest BCUT2D eigenvalue weighted by Crippen LogP contribution is -2.59. The maximum absolute atomic E-state index is 14.1. The van der Waals surface area contributed by atoms with Gasteiger partial charge in [0.15, 0.2) is 0 Å². The van der Waals surface area contributed by atoms with Gasteiger partial charge in [-0.1, -0.05) is 57.4 Å². The van der Waals surface area contributed by atoms with Crippen molar-refractivity contribution in [2.45, 2.75) is 143 Å². The Morgan fingerprint density at radius 3 is 2.32 bits per heavy atom. The van der Waals surface area contributed by atoms with Crippen LogP contribution in [0.4, 0.5) is 0 Å². The van der Waals surface area contributed by atoms with Crippen LogP contribution in [0.5, 0.6) is 0 Å². The van der Waals surface area contributed by atoms with Crippen molar-refractivity contribution < 1.29 is 39.5 Å². The number of hydrogen-bond acceptors (Lipinski definition) is 8. The molecule has 0 spiro atoms. The summed E-state index contributed by atoms with van der Waals surface area (Å²) in [5.41, 5.74) is 3.85. The lowest BCUT2D eigenvalue weighted by atomic mass is 9.43. The molecular formula is C36H56O8. The van der Waals surface area contributed by atoms with E-state index in [4.69, 9.17) is 9.47 Å². The van der Waals surface area contributed by atoms with Crippen molar-refractivity contribution >= 4 is 11.8 Å². The SMILES string of the molecule is CC(C)=CCC[C@@H](C(=O)O[C@@H]1O[C@H](CO)[C@@H](O)[C@H](O)[C@H]1O)[C@H]1CC[C@@]2(C)C3=C(CC[C@]12C)[C@@]1(C)CCC(=O)C(C)(C)C1CC3. The number of ketones is 1. The molecule has 1 aliphatic heterocycles. The first-order valence-electron chi connectivity index (χ1n) is 16.9. The molecule has 4 aliphatic carbocycles. The molecule has 0 amide bonds. The summed E-state index contributed by atoms with van der Waals surface area (Å²) >= 11 is 0. The lowest BCUT2D eigenvalue weighted by molar-refractivity contribution is -0.294. The molecule has 4 N–H and O–H groups in total. The zero-order chi connectivity index (χ0) is 32.4. The maximum Gasteiger partial charge on any atom is 0.311 e. The third kappa shape index (κ3) is 5.15. The predicted octanol–water partition coefficient (Wildman–Crippen LogP) is 5.01. The first kappa shape index (κ1) is 33.8. The van der Waals surface area contributed by atoms with E-state index in [-0.39, 0.29) is 27.6 Å². The normalized spacial score (nSPS) is 43.9. The van der Waals surface area contributed by atoms with Gasteiger partial charge in [0, 0.05) is 11.8 Å². The van der Waals surface area contributed by atoms with Crippen molar-refractivity contribution in [3.8, 4) is 0 Å². The fourth-order valence-electron chi connectivity index (χ4n) is 10.6. The number of Topliss-reactive ketones (excluding diaryl/α,β-unsaturated/α-hetero) is 1. The van der Waals surface area contributed by atoms with Crippen LogP contribution in [0, 0.1) is 39.4 Å². The zero-order valence-corrected chi connectivity index (χ0v) is 27.9. The van der Waals surface area contributed by atoms with Gasteiger partial charge in [-0.2, -0.15) is 0 Å². The molecule has 11 atom stereocenters. The van der Waals surface area contributed by atoms with E-state index in [9.17, 15) is 30.0 Å². The number of esters is 1. The summed E-state index contributed by atoms with van der Waals surface area (Å²) in [7, 11) is 0. The summed E-state index contributed by atoms with van der Waals surface area (Å²) in [6, 6.07) is 0. The Morgan fingerprint density at radius 1 is 0.955 bits per heavy atom. The molecular weight excluding hydrogens is 560 g/mol. The summed E-state index contributed by atoms with van der Waals surface area (Å²) in [6.45, 7) is 15.0. The van der Waals surface area contributed by atoms with Gasteiger partial charge in [0.2, 0.25) is 6.29 Å². The van der Waals surface area contributed by atoms with E-state index in [1.54, 1.807) is 11.1 Å². The zero-order valence-electron chi connectivity index (χ0n) is 27.9. The molecule has 8 heteroatoms. The van der Waals surface area contributed by atoms with Crippen LogP contribution in [0.25, 0.3) is 0 Å². The number of rotatable bonds is 7. The summed E-state index contributed by atoms with van der Waals surface area (Å²) in [5, 5.41) is 40.8. The fourth-order valence-corrected chi connectivity index (χ4v) is 10.6. The molecule has 8 nitrogen and oxygen atoms in total. The van der Waals surface area contributed by atoms with Gasteiger partial charge >= 0.3 is 5.97 Å². The summed E-state index contributed by atoms with van der Waals surface area (Å²) in [5.74, 6) is -0.0983. The first-order valence-corrected chi connectivity index (χ1v) is 16.9. The Bertz CT molecular complexity index is 1200. The Hall–Kier alpha value is -1.58. The predicted molar refractivity (Wildman–Crippen MR) is 166 cm³/mol. The largest absolute Gasteiger partial charge is 0.432 e. The van der Waals surface area contributed by atoms with Gasteiger partial charge in [0.05, 0.1) is 12.5 Å². The molecule has 1 heterocycles. The van der Waals surface area contributed by atoms with Gasteiger partial charge < -0.3 is 29.9 Å². The van der Waals surface area contributed by atoms with Gasteiger partial charge in [0.25, 0.3) is 0 Å². The van der Waals surface area contributed by atoms with Crippen LogP contribution in [-0.4, -0.2) is 69.5 Å². The van der Waals surface area contributed by atoms with Crippen molar-refractivity contribution in [1.82, 2.24) is 0 Å². The highest BCUT2D eigenvalue weighted by molar-refractivity contribution is 5.85. The van der Waals surface area contributed by atoms with E-state index >= 15 is 0 Å². The minimum Gasteiger partial charge on any atom is -0.432 e. The van der Waals surface area contributed by atoms with Crippen molar-refractivity contribution in [3.63, 3.8) is 0 Å². The van der Waals surface area contributed by atoms with Gasteiger partial charge in [-0.05, 0) is 99.7 Å². The second kappa shape index (κ2) is 11.9.